The normalized spacial score (nSPS) is 10.6. The summed E-state index contributed by atoms with van der Waals surface area (Å²) in [6.07, 6.45) is 1.94. The van der Waals surface area contributed by atoms with Gasteiger partial charge in [-0.3, -0.25) is 0 Å². The summed E-state index contributed by atoms with van der Waals surface area (Å²) in [5, 5.41) is 2.10. The van der Waals surface area contributed by atoms with E-state index in [4.69, 9.17) is 14.2 Å². The predicted octanol–water partition coefficient (Wildman–Crippen LogP) is 4.43. The minimum absolute atomic E-state index is 0.676. The number of ether oxygens (including phenoxy) is 3. The molecule has 0 heterocycles. The molecule has 0 aromatic heterocycles. The summed E-state index contributed by atoms with van der Waals surface area (Å²) in [4.78, 5) is 0. The average molecular weight is 274 g/mol. The van der Waals surface area contributed by atoms with Gasteiger partial charge in [-0.25, -0.2) is 0 Å². The summed E-state index contributed by atoms with van der Waals surface area (Å²) in [6, 6.07) is 10.0. The van der Waals surface area contributed by atoms with Crippen LogP contribution in [0.4, 0.5) is 0 Å². The first-order valence-corrected chi connectivity index (χ1v) is 7.17. The van der Waals surface area contributed by atoms with Crippen LogP contribution in [-0.2, 0) is 0 Å². The summed E-state index contributed by atoms with van der Waals surface area (Å²) in [5.41, 5.74) is 0. The quantitative estimate of drug-likeness (QED) is 0.747. The Morgan fingerprint density at radius 3 is 2.15 bits per heavy atom. The van der Waals surface area contributed by atoms with Crippen LogP contribution in [0.3, 0.4) is 0 Å². The maximum absolute atomic E-state index is 5.87. The molecular formula is C17H22O3. The molecule has 0 unspecified atom stereocenters. The third-order valence-corrected chi connectivity index (χ3v) is 3.06. The highest BCUT2D eigenvalue weighted by Crippen LogP contribution is 2.41. The molecule has 2 aromatic rings. The first-order chi connectivity index (χ1) is 9.81. The van der Waals surface area contributed by atoms with E-state index in [2.05, 4.69) is 19.9 Å². The lowest BCUT2D eigenvalue weighted by Gasteiger charge is -2.16. The Morgan fingerprint density at radius 2 is 1.50 bits per heavy atom. The number of benzene rings is 2. The van der Waals surface area contributed by atoms with Gasteiger partial charge in [0.05, 0.1) is 20.3 Å². The highest BCUT2D eigenvalue weighted by Gasteiger charge is 2.14. The molecule has 0 bridgehead atoms. The van der Waals surface area contributed by atoms with Crippen molar-refractivity contribution in [3.8, 4) is 17.2 Å². The van der Waals surface area contributed by atoms with Gasteiger partial charge in [0.2, 0.25) is 0 Å². The molecule has 0 aliphatic rings. The standard InChI is InChI=1S/C17H22O3/c1-4-10-19-15-12-16(18-3)17(20-11-5-2)14-9-7-6-8-13(14)15/h6-9,12H,4-5,10-11H2,1-3H3. The van der Waals surface area contributed by atoms with Crippen LogP contribution in [0.2, 0.25) is 0 Å². The lowest BCUT2D eigenvalue weighted by atomic mass is 10.1. The van der Waals surface area contributed by atoms with Crippen molar-refractivity contribution in [2.75, 3.05) is 20.3 Å². The summed E-state index contributed by atoms with van der Waals surface area (Å²) in [7, 11) is 1.66. The number of fused-ring (bicyclic) bond motifs is 1. The molecule has 20 heavy (non-hydrogen) atoms. The van der Waals surface area contributed by atoms with Crippen LogP contribution in [0.1, 0.15) is 26.7 Å². The van der Waals surface area contributed by atoms with Crippen LogP contribution in [-0.4, -0.2) is 20.3 Å². The highest BCUT2D eigenvalue weighted by molar-refractivity contribution is 5.95. The van der Waals surface area contributed by atoms with E-state index in [1.165, 1.54) is 0 Å². The second-order valence-electron chi connectivity index (χ2n) is 4.65. The first kappa shape index (κ1) is 14.5. The zero-order valence-corrected chi connectivity index (χ0v) is 12.4. The van der Waals surface area contributed by atoms with Crippen LogP contribution in [0, 0.1) is 0 Å². The molecule has 2 aromatic carbocycles. The number of hydrogen-bond donors (Lipinski definition) is 0. The summed E-state index contributed by atoms with van der Waals surface area (Å²) in [6.45, 7) is 5.56. The van der Waals surface area contributed by atoms with E-state index >= 15 is 0 Å². The van der Waals surface area contributed by atoms with Gasteiger partial charge < -0.3 is 14.2 Å². The number of hydrogen-bond acceptors (Lipinski definition) is 3. The fourth-order valence-electron chi connectivity index (χ4n) is 2.13. The number of rotatable bonds is 7. The Balaban J connectivity index is 2.54. The molecule has 2 rings (SSSR count). The van der Waals surface area contributed by atoms with E-state index < -0.39 is 0 Å². The van der Waals surface area contributed by atoms with Crippen LogP contribution in [0.25, 0.3) is 10.8 Å². The average Bonchev–Trinajstić information content (AvgIpc) is 2.50. The van der Waals surface area contributed by atoms with Crippen molar-refractivity contribution < 1.29 is 14.2 Å². The SMILES string of the molecule is CCCOc1cc(OC)c(OCCC)c2ccccc12. The second-order valence-corrected chi connectivity index (χ2v) is 4.65. The van der Waals surface area contributed by atoms with Crippen molar-refractivity contribution >= 4 is 10.8 Å². The molecule has 3 heteroatoms. The van der Waals surface area contributed by atoms with Crippen molar-refractivity contribution in [3.05, 3.63) is 30.3 Å². The van der Waals surface area contributed by atoms with Gasteiger partial charge in [-0.1, -0.05) is 38.1 Å². The molecule has 0 radical (unpaired) electrons. The maximum atomic E-state index is 5.87. The first-order valence-electron chi connectivity index (χ1n) is 7.17. The van der Waals surface area contributed by atoms with E-state index in [9.17, 15) is 0 Å². The topological polar surface area (TPSA) is 27.7 Å². The van der Waals surface area contributed by atoms with Gasteiger partial charge in [0.15, 0.2) is 11.5 Å². The summed E-state index contributed by atoms with van der Waals surface area (Å²) >= 11 is 0. The van der Waals surface area contributed by atoms with Gasteiger partial charge in [0, 0.05) is 16.8 Å². The summed E-state index contributed by atoms with van der Waals surface area (Å²) < 4.78 is 17.2. The predicted molar refractivity (Wildman–Crippen MR) is 82.1 cm³/mol. The van der Waals surface area contributed by atoms with E-state index in [-0.39, 0.29) is 0 Å². The zero-order chi connectivity index (χ0) is 14.4. The molecule has 0 aliphatic heterocycles. The lowest BCUT2D eigenvalue weighted by Crippen LogP contribution is -2.01. The van der Waals surface area contributed by atoms with Gasteiger partial charge in [-0.2, -0.15) is 0 Å². The minimum atomic E-state index is 0.676. The molecule has 0 spiro atoms. The fraction of sp³-hybridized carbons (Fsp3) is 0.412. The monoisotopic (exact) mass is 274 g/mol. The molecule has 0 amide bonds. The Bertz CT molecular complexity index is 563. The second kappa shape index (κ2) is 7.04. The van der Waals surface area contributed by atoms with Crippen molar-refractivity contribution in [3.63, 3.8) is 0 Å². The number of methoxy groups -OCH3 is 1. The van der Waals surface area contributed by atoms with Gasteiger partial charge in [0.1, 0.15) is 5.75 Å². The van der Waals surface area contributed by atoms with E-state index in [0.29, 0.717) is 13.2 Å². The minimum Gasteiger partial charge on any atom is -0.493 e. The molecule has 0 N–H and O–H groups in total. The van der Waals surface area contributed by atoms with E-state index in [1.54, 1.807) is 7.11 Å². The zero-order valence-electron chi connectivity index (χ0n) is 12.4. The van der Waals surface area contributed by atoms with Crippen molar-refractivity contribution in [1.29, 1.82) is 0 Å². The molecule has 0 saturated carbocycles. The molecule has 0 fully saturated rings. The highest BCUT2D eigenvalue weighted by atomic mass is 16.5. The lowest BCUT2D eigenvalue weighted by molar-refractivity contribution is 0.293. The smallest absolute Gasteiger partial charge is 0.169 e. The van der Waals surface area contributed by atoms with Crippen LogP contribution < -0.4 is 14.2 Å². The molecule has 0 aliphatic carbocycles. The van der Waals surface area contributed by atoms with E-state index in [1.807, 2.05) is 24.3 Å². The molecule has 0 saturated heterocycles. The van der Waals surface area contributed by atoms with Crippen molar-refractivity contribution in [2.24, 2.45) is 0 Å². The molecular weight excluding hydrogens is 252 g/mol. The Labute approximate surface area is 120 Å². The Kier molecular flexibility index (Phi) is 5.10. The third-order valence-electron chi connectivity index (χ3n) is 3.06. The molecule has 0 atom stereocenters. The summed E-state index contributed by atoms with van der Waals surface area (Å²) in [5.74, 6) is 2.38. The Morgan fingerprint density at radius 1 is 0.850 bits per heavy atom. The molecule has 108 valence electrons. The van der Waals surface area contributed by atoms with Gasteiger partial charge in [0.25, 0.3) is 0 Å². The maximum Gasteiger partial charge on any atom is 0.169 e. The largest absolute Gasteiger partial charge is 0.493 e. The van der Waals surface area contributed by atoms with Crippen LogP contribution >= 0.6 is 0 Å². The fourth-order valence-corrected chi connectivity index (χ4v) is 2.13. The van der Waals surface area contributed by atoms with Crippen molar-refractivity contribution in [2.45, 2.75) is 26.7 Å². The Hall–Kier alpha value is -1.90. The van der Waals surface area contributed by atoms with Crippen molar-refractivity contribution in [1.82, 2.24) is 0 Å². The van der Waals surface area contributed by atoms with Gasteiger partial charge >= 0.3 is 0 Å². The van der Waals surface area contributed by atoms with E-state index in [0.717, 1.165) is 40.9 Å². The van der Waals surface area contributed by atoms with Crippen LogP contribution in [0.5, 0.6) is 17.2 Å². The van der Waals surface area contributed by atoms with Gasteiger partial charge in [-0.05, 0) is 12.8 Å². The third kappa shape index (κ3) is 2.98. The van der Waals surface area contributed by atoms with Crippen LogP contribution in [0.15, 0.2) is 30.3 Å². The van der Waals surface area contributed by atoms with Gasteiger partial charge in [-0.15, -0.1) is 0 Å². The molecule has 3 nitrogen and oxygen atoms in total.